The summed E-state index contributed by atoms with van der Waals surface area (Å²) in [5, 5.41) is 0. The van der Waals surface area contributed by atoms with Crippen molar-refractivity contribution < 1.29 is 29.3 Å². The zero-order valence-electron chi connectivity index (χ0n) is 9.04. The SMILES string of the molecule is C=CC=C.C=Cc1ccccc1.[O]=[Ti]([OH])[OH]. The minimum atomic E-state index is -3.58. The van der Waals surface area contributed by atoms with Crippen molar-refractivity contribution in [1.82, 2.24) is 0 Å². The van der Waals surface area contributed by atoms with Crippen molar-refractivity contribution in [2.24, 2.45) is 0 Å². The number of hydrogen-bond acceptors (Lipinski definition) is 1. The summed E-state index contributed by atoms with van der Waals surface area (Å²) in [5.41, 5.74) is 1.17. The number of benzene rings is 1. The van der Waals surface area contributed by atoms with Crippen LogP contribution in [0, 0.1) is 0 Å². The van der Waals surface area contributed by atoms with Crippen molar-refractivity contribution in [1.29, 1.82) is 0 Å². The van der Waals surface area contributed by atoms with Gasteiger partial charge >= 0.3 is 29.3 Å². The van der Waals surface area contributed by atoms with Crippen LogP contribution in [0.15, 0.2) is 62.2 Å². The van der Waals surface area contributed by atoms with E-state index < -0.39 is 18.6 Å². The van der Waals surface area contributed by atoms with Gasteiger partial charge < -0.3 is 0 Å². The molecule has 0 radical (unpaired) electrons. The maximum absolute atomic E-state index is 8.81. The third-order valence-corrected chi connectivity index (χ3v) is 1.20. The number of allylic oxidation sites excluding steroid dienone is 2. The van der Waals surface area contributed by atoms with Gasteiger partial charge in [-0.25, -0.2) is 0 Å². The molecule has 0 spiro atoms. The van der Waals surface area contributed by atoms with Crippen molar-refractivity contribution in [2.45, 2.75) is 0 Å². The Bertz CT molecular complexity index is 310. The fourth-order valence-electron chi connectivity index (χ4n) is 0.589. The first-order valence-electron chi connectivity index (χ1n) is 4.41. The van der Waals surface area contributed by atoms with E-state index in [1.54, 1.807) is 12.2 Å². The molecule has 0 atom stereocenters. The molecule has 0 saturated carbocycles. The van der Waals surface area contributed by atoms with E-state index in [2.05, 4.69) is 19.7 Å². The molecule has 0 aliphatic heterocycles. The second-order valence-corrected chi connectivity index (χ2v) is 3.25. The summed E-state index contributed by atoms with van der Waals surface area (Å²) in [6.45, 7) is 10.4. The minimum absolute atomic E-state index is 1.17. The van der Waals surface area contributed by atoms with Gasteiger partial charge in [0.2, 0.25) is 0 Å². The molecule has 0 fully saturated rings. The maximum atomic E-state index is 8.81. The van der Waals surface area contributed by atoms with Gasteiger partial charge in [-0.05, 0) is 5.56 Å². The molecule has 1 aromatic carbocycles. The van der Waals surface area contributed by atoms with Crippen LogP contribution < -0.4 is 0 Å². The molecule has 0 aromatic heterocycles. The first kappa shape index (κ1) is 17.3. The van der Waals surface area contributed by atoms with Crippen molar-refractivity contribution in [3.05, 3.63) is 67.8 Å². The Balaban J connectivity index is 0. The third-order valence-electron chi connectivity index (χ3n) is 1.20. The van der Waals surface area contributed by atoms with E-state index >= 15 is 0 Å². The van der Waals surface area contributed by atoms with E-state index in [9.17, 15) is 0 Å². The van der Waals surface area contributed by atoms with E-state index in [1.807, 2.05) is 36.4 Å². The van der Waals surface area contributed by atoms with Crippen LogP contribution >= 0.6 is 0 Å². The van der Waals surface area contributed by atoms with Gasteiger partial charge in [0.25, 0.3) is 0 Å². The average molecular weight is 256 g/mol. The second kappa shape index (κ2) is 13.9. The number of rotatable bonds is 2. The van der Waals surface area contributed by atoms with Gasteiger partial charge in [-0.1, -0.05) is 68.3 Å². The predicted molar refractivity (Wildman–Crippen MR) is 62.1 cm³/mol. The summed E-state index contributed by atoms with van der Waals surface area (Å²) < 4.78 is 23.2. The third kappa shape index (κ3) is 18.6. The Kier molecular flexibility index (Phi) is 15.0. The van der Waals surface area contributed by atoms with Crippen LogP contribution in [0.2, 0.25) is 0 Å². The molecular weight excluding hydrogens is 240 g/mol. The van der Waals surface area contributed by atoms with E-state index in [0.717, 1.165) is 0 Å². The van der Waals surface area contributed by atoms with E-state index in [0.29, 0.717) is 0 Å². The van der Waals surface area contributed by atoms with Gasteiger partial charge in [-0.2, -0.15) is 0 Å². The van der Waals surface area contributed by atoms with Crippen LogP contribution in [0.5, 0.6) is 0 Å². The summed E-state index contributed by atoms with van der Waals surface area (Å²) >= 11 is -3.58. The van der Waals surface area contributed by atoms with Gasteiger partial charge in [-0.15, -0.1) is 0 Å². The van der Waals surface area contributed by atoms with Crippen molar-refractivity contribution in [2.75, 3.05) is 0 Å². The Morgan fingerprint density at radius 1 is 1.00 bits per heavy atom. The summed E-state index contributed by atoms with van der Waals surface area (Å²) in [5.74, 6) is 0. The van der Waals surface area contributed by atoms with Crippen LogP contribution in [0.3, 0.4) is 0 Å². The summed E-state index contributed by atoms with van der Waals surface area (Å²) in [7, 11) is 0. The van der Waals surface area contributed by atoms with Crippen LogP contribution in [0.25, 0.3) is 6.08 Å². The molecule has 3 nitrogen and oxygen atoms in total. The van der Waals surface area contributed by atoms with Crippen molar-refractivity contribution in [3.8, 4) is 0 Å². The van der Waals surface area contributed by atoms with Crippen LogP contribution in [0.4, 0.5) is 0 Å². The molecule has 0 aliphatic rings. The topological polar surface area (TPSA) is 57.5 Å². The quantitative estimate of drug-likeness (QED) is 0.631. The first-order chi connectivity index (χ1) is 7.58. The van der Waals surface area contributed by atoms with Gasteiger partial charge in [-0.3, -0.25) is 0 Å². The zero-order valence-corrected chi connectivity index (χ0v) is 10.6. The molecule has 0 saturated heterocycles. The van der Waals surface area contributed by atoms with E-state index in [4.69, 9.17) is 10.7 Å². The van der Waals surface area contributed by atoms with Gasteiger partial charge in [0.05, 0.1) is 0 Å². The van der Waals surface area contributed by atoms with Gasteiger partial charge in [0.15, 0.2) is 0 Å². The van der Waals surface area contributed by atoms with Crippen molar-refractivity contribution in [3.63, 3.8) is 0 Å². The molecular formula is C12H16O3Ti. The average Bonchev–Trinajstić information content (AvgIpc) is 2.30. The molecule has 0 heterocycles. The monoisotopic (exact) mass is 256 g/mol. The van der Waals surface area contributed by atoms with E-state index in [-0.39, 0.29) is 0 Å². The first-order valence-corrected chi connectivity index (χ1v) is 6.44. The second-order valence-electron chi connectivity index (χ2n) is 2.37. The Labute approximate surface area is 103 Å². The summed E-state index contributed by atoms with van der Waals surface area (Å²) in [4.78, 5) is 0. The normalized spacial score (nSPS) is 7.12. The molecule has 1 aromatic rings. The fourth-order valence-corrected chi connectivity index (χ4v) is 0.589. The Morgan fingerprint density at radius 3 is 1.56 bits per heavy atom. The number of hydrogen-bond donors (Lipinski definition) is 2. The van der Waals surface area contributed by atoms with Crippen molar-refractivity contribution >= 4 is 6.08 Å². The molecule has 16 heavy (non-hydrogen) atoms. The molecule has 0 bridgehead atoms. The van der Waals surface area contributed by atoms with Crippen LogP contribution in [0.1, 0.15) is 5.56 Å². The standard InChI is InChI=1S/C8H8.C4H6.2H2O.O.Ti/c1-2-8-6-4-3-5-7-8;1-3-4-2;;;;/h2-7H,1H2;3-4H,1-2H2;2*1H2;;/q;;;;;+2/p-2. The predicted octanol–water partition coefficient (Wildman–Crippen LogP) is 2.45. The molecule has 4 heteroatoms. The summed E-state index contributed by atoms with van der Waals surface area (Å²) in [6.07, 6.45) is 5.11. The van der Waals surface area contributed by atoms with Crippen LogP contribution in [-0.4, -0.2) is 7.38 Å². The molecule has 2 N–H and O–H groups in total. The molecule has 0 aliphatic carbocycles. The Hall–Kier alpha value is -1.13. The molecule has 86 valence electrons. The zero-order chi connectivity index (χ0) is 12.8. The molecule has 0 unspecified atom stereocenters. The fraction of sp³-hybridized carbons (Fsp3) is 0. The van der Waals surface area contributed by atoms with Gasteiger partial charge in [0.1, 0.15) is 0 Å². The van der Waals surface area contributed by atoms with Gasteiger partial charge in [0, 0.05) is 0 Å². The summed E-state index contributed by atoms with van der Waals surface area (Å²) in [6, 6.07) is 10.0. The van der Waals surface area contributed by atoms with E-state index in [1.165, 1.54) is 5.56 Å². The molecule has 0 amide bonds. The van der Waals surface area contributed by atoms with Crippen LogP contribution in [-0.2, 0) is 21.9 Å². The molecule has 1 rings (SSSR count). The Morgan fingerprint density at radius 2 is 1.38 bits per heavy atom.